The molecular formula is C19H23N3O3. The number of nitrogens with one attached hydrogen (secondary N) is 1. The fraction of sp³-hybridized carbons (Fsp3) is 0.368. The van der Waals surface area contributed by atoms with Crippen LogP contribution in [0, 0.1) is 0 Å². The van der Waals surface area contributed by atoms with Crippen LogP contribution in [0.3, 0.4) is 0 Å². The van der Waals surface area contributed by atoms with Gasteiger partial charge in [-0.2, -0.15) is 0 Å². The Kier molecular flexibility index (Phi) is 4.63. The molecule has 3 rings (SSSR count). The Morgan fingerprint density at radius 3 is 2.44 bits per heavy atom. The van der Waals surface area contributed by atoms with E-state index in [9.17, 15) is 14.7 Å². The number of aliphatic carboxylic acids is 1. The van der Waals surface area contributed by atoms with Crippen LogP contribution in [0.4, 0.5) is 5.69 Å². The van der Waals surface area contributed by atoms with Crippen molar-refractivity contribution >= 4 is 28.3 Å². The van der Waals surface area contributed by atoms with Crippen LogP contribution < -0.4 is 10.2 Å². The molecule has 0 unspecified atom stereocenters. The summed E-state index contributed by atoms with van der Waals surface area (Å²) in [5.41, 5.74) is 1.67. The molecule has 0 spiro atoms. The number of hydrogen-bond acceptors (Lipinski definition) is 4. The van der Waals surface area contributed by atoms with Crippen molar-refractivity contribution < 1.29 is 14.7 Å². The van der Waals surface area contributed by atoms with Gasteiger partial charge in [0.1, 0.15) is 6.04 Å². The average molecular weight is 341 g/mol. The maximum atomic E-state index is 12.8. The zero-order valence-electron chi connectivity index (χ0n) is 14.7. The number of likely N-dealkylation sites (N-methyl/N-ethyl adjacent to an activating group) is 1. The maximum Gasteiger partial charge on any atom is 0.320 e. The van der Waals surface area contributed by atoms with Crippen LogP contribution in [0.2, 0.25) is 0 Å². The molecule has 1 fully saturated rings. The third kappa shape index (κ3) is 3.30. The molecule has 0 bridgehead atoms. The van der Waals surface area contributed by atoms with E-state index in [0.29, 0.717) is 18.5 Å². The summed E-state index contributed by atoms with van der Waals surface area (Å²) in [5.74, 6) is -1.01. The smallest absolute Gasteiger partial charge is 0.320 e. The minimum atomic E-state index is -0.847. The van der Waals surface area contributed by atoms with Crippen LogP contribution in [0.1, 0.15) is 16.8 Å². The van der Waals surface area contributed by atoms with Crippen molar-refractivity contribution in [3.05, 3.63) is 42.0 Å². The predicted octanol–water partition coefficient (Wildman–Crippen LogP) is 1.79. The van der Waals surface area contributed by atoms with Crippen LogP contribution in [-0.2, 0) is 4.79 Å². The molecule has 6 nitrogen and oxygen atoms in total. The van der Waals surface area contributed by atoms with E-state index in [1.54, 1.807) is 11.9 Å². The molecule has 0 radical (unpaired) electrons. The van der Waals surface area contributed by atoms with Gasteiger partial charge in [0.25, 0.3) is 5.91 Å². The number of carbonyl (C=O) groups excluding carboxylic acids is 1. The lowest BCUT2D eigenvalue weighted by Crippen LogP contribution is -2.36. The van der Waals surface area contributed by atoms with Gasteiger partial charge in [-0.05, 0) is 31.0 Å². The molecule has 132 valence electrons. The van der Waals surface area contributed by atoms with Crippen LogP contribution in [0.15, 0.2) is 36.4 Å². The molecule has 25 heavy (non-hydrogen) atoms. The Morgan fingerprint density at radius 1 is 1.16 bits per heavy atom. The lowest BCUT2D eigenvalue weighted by atomic mass is 10.0. The van der Waals surface area contributed by atoms with Gasteiger partial charge >= 0.3 is 5.97 Å². The van der Waals surface area contributed by atoms with Crippen molar-refractivity contribution in [1.29, 1.82) is 0 Å². The largest absolute Gasteiger partial charge is 0.480 e. The minimum absolute atomic E-state index is 0.161. The van der Waals surface area contributed by atoms with E-state index in [-0.39, 0.29) is 11.9 Å². The van der Waals surface area contributed by atoms with Crippen molar-refractivity contribution in [3.63, 3.8) is 0 Å². The summed E-state index contributed by atoms with van der Waals surface area (Å²) in [6.45, 7) is 0.538. The fourth-order valence-corrected chi connectivity index (χ4v) is 3.53. The highest BCUT2D eigenvalue weighted by Gasteiger charge is 2.35. The lowest BCUT2D eigenvalue weighted by molar-refractivity contribution is -0.141. The molecule has 2 atom stereocenters. The SMILES string of the molecule is CN(C)c1ccc(C(=O)N[C@@H]2C[C@@H](C(=O)O)N(C)C2)c2ccccc12. The average Bonchev–Trinajstić information content (AvgIpc) is 2.94. The number of carbonyl (C=O) groups is 2. The molecule has 1 saturated heterocycles. The first-order chi connectivity index (χ1) is 11.9. The number of benzene rings is 2. The quantitative estimate of drug-likeness (QED) is 0.887. The lowest BCUT2D eigenvalue weighted by Gasteiger charge is -2.18. The van der Waals surface area contributed by atoms with Crippen LogP contribution >= 0.6 is 0 Å². The Balaban J connectivity index is 1.86. The zero-order valence-corrected chi connectivity index (χ0v) is 14.7. The van der Waals surface area contributed by atoms with Gasteiger partial charge in [-0.1, -0.05) is 24.3 Å². The monoisotopic (exact) mass is 341 g/mol. The summed E-state index contributed by atoms with van der Waals surface area (Å²) >= 11 is 0. The third-order valence-corrected chi connectivity index (χ3v) is 4.80. The summed E-state index contributed by atoms with van der Waals surface area (Å²) < 4.78 is 0. The molecule has 2 N–H and O–H groups in total. The van der Waals surface area contributed by atoms with Gasteiger partial charge in [-0.15, -0.1) is 0 Å². The number of carboxylic acids is 1. The van der Waals surface area contributed by atoms with E-state index in [4.69, 9.17) is 0 Å². The maximum absolute atomic E-state index is 12.8. The van der Waals surface area contributed by atoms with Crippen LogP contribution in [0.5, 0.6) is 0 Å². The van der Waals surface area contributed by atoms with E-state index >= 15 is 0 Å². The summed E-state index contributed by atoms with van der Waals surface area (Å²) in [4.78, 5) is 27.8. The van der Waals surface area contributed by atoms with Gasteiger partial charge in [0.05, 0.1) is 0 Å². The fourth-order valence-electron chi connectivity index (χ4n) is 3.53. The van der Waals surface area contributed by atoms with Gasteiger partial charge in [0, 0.05) is 43.3 Å². The summed E-state index contributed by atoms with van der Waals surface area (Å²) in [6, 6.07) is 10.9. The minimum Gasteiger partial charge on any atom is -0.480 e. The van der Waals surface area contributed by atoms with Gasteiger partial charge in [-0.3, -0.25) is 14.5 Å². The molecule has 1 heterocycles. The molecular weight excluding hydrogens is 318 g/mol. The first-order valence-electron chi connectivity index (χ1n) is 8.31. The zero-order chi connectivity index (χ0) is 18.1. The predicted molar refractivity (Wildman–Crippen MR) is 98.2 cm³/mol. The van der Waals surface area contributed by atoms with Crippen molar-refractivity contribution in [2.45, 2.75) is 18.5 Å². The van der Waals surface area contributed by atoms with Gasteiger partial charge in [0.2, 0.25) is 0 Å². The Labute approximate surface area is 147 Å². The highest BCUT2D eigenvalue weighted by atomic mass is 16.4. The normalized spacial score (nSPS) is 20.6. The molecule has 2 aromatic rings. The van der Waals surface area contributed by atoms with Crippen molar-refractivity contribution in [3.8, 4) is 0 Å². The second-order valence-electron chi connectivity index (χ2n) is 6.77. The summed E-state index contributed by atoms with van der Waals surface area (Å²) in [6.07, 6.45) is 0.422. The third-order valence-electron chi connectivity index (χ3n) is 4.80. The standard InChI is InChI=1S/C19H23N3O3/c1-21(2)16-9-8-15(13-6-4-5-7-14(13)16)18(23)20-12-10-17(19(24)25)22(3)11-12/h4-9,12,17H,10-11H2,1-3H3,(H,20,23)(H,24,25)/t12-,17+/m1/s1. The molecule has 1 amide bonds. The number of anilines is 1. The van der Waals surface area contributed by atoms with Crippen molar-refractivity contribution in [1.82, 2.24) is 10.2 Å². The highest BCUT2D eigenvalue weighted by molar-refractivity contribution is 6.10. The Hall–Kier alpha value is -2.60. The molecule has 6 heteroatoms. The number of rotatable bonds is 4. The summed E-state index contributed by atoms with van der Waals surface area (Å²) in [7, 11) is 5.72. The molecule has 1 aliphatic rings. The van der Waals surface area contributed by atoms with E-state index in [2.05, 4.69) is 5.32 Å². The second kappa shape index (κ2) is 6.72. The molecule has 0 aromatic heterocycles. The van der Waals surface area contributed by atoms with E-state index < -0.39 is 12.0 Å². The number of nitrogens with zero attached hydrogens (tertiary/aromatic N) is 2. The Bertz CT molecular complexity index is 819. The molecule has 2 aromatic carbocycles. The van der Waals surface area contributed by atoms with E-state index in [0.717, 1.165) is 16.5 Å². The first kappa shape index (κ1) is 17.2. The van der Waals surface area contributed by atoms with E-state index in [1.165, 1.54) is 0 Å². The molecule has 0 saturated carbocycles. The number of amides is 1. The number of hydrogen-bond donors (Lipinski definition) is 2. The van der Waals surface area contributed by atoms with Crippen LogP contribution in [-0.4, -0.2) is 61.7 Å². The Morgan fingerprint density at radius 2 is 1.84 bits per heavy atom. The first-order valence-corrected chi connectivity index (χ1v) is 8.31. The number of carboxylic acid groups (broad SMARTS) is 1. The second-order valence-corrected chi connectivity index (χ2v) is 6.77. The number of likely N-dealkylation sites (tertiary alicyclic amines) is 1. The highest BCUT2D eigenvalue weighted by Crippen LogP contribution is 2.28. The van der Waals surface area contributed by atoms with Gasteiger partial charge < -0.3 is 15.3 Å². The summed E-state index contributed by atoms with van der Waals surface area (Å²) in [5, 5.41) is 14.1. The molecule has 0 aliphatic carbocycles. The molecule has 1 aliphatic heterocycles. The van der Waals surface area contributed by atoms with E-state index in [1.807, 2.05) is 55.4 Å². The topological polar surface area (TPSA) is 72.9 Å². The van der Waals surface area contributed by atoms with Crippen LogP contribution in [0.25, 0.3) is 10.8 Å². The van der Waals surface area contributed by atoms with Gasteiger partial charge in [0.15, 0.2) is 0 Å². The van der Waals surface area contributed by atoms with Gasteiger partial charge in [-0.25, -0.2) is 0 Å². The number of fused-ring (bicyclic) bond motifs is 1. The van der Waals surface area contributed by atoms with Crippen molar-refractivity contribution in [2.24, 2.45) is 0 Å². The van der Waals surface area contributed by atoms with Crippen molar-refractivity contribution in [2.75, 3.05) is 32.6 Å².